The van der Waals surface area contributed by atoms with Gasteiger partial charge in [-0.3, -0.25) is 4.79 Å². The number of rotatable bonds is 3. The molecule has 1 aromatic carbocycles. The van der Waals surface area contributed by atoms with Gasteiger partial charge in [0.15, 0.2) is 0 Å². The van der Waals surface area contributed by atoms with Crippen LogP contribution in [0.1, 0.15) is 89.1 Å². The first-order chi connectivity index (χ1) is 21.7. The summed E-state index contributed by atoms with van der Waals surface area (Å²) in [5.41, 5.74) is 5.49. The Morgan fingerprint density at radius 3 is 2.37 bits per heavy atom. The molecule has 3 aromatic rings. The summed E-state index contributed by atoms with van der Waals surface area (Å²) < 4.78 is 18.4. The van der Waals surface area contributed by atoms with E-state index in [1.807, 2.05) is 58.3 Å². The highest BCUT2D eigenvalue weighted by Gasteiger charge is 2.37. The smallest absolute Gasteiger partial charge is 0.420 e. The van der Waals surface area contributed by atoms with Gasteiger partial charge in [-0.05, 0) is 120 Å². The van der Waals surface area contributed by atoms with E-state index in [0.717, 1.165) is 58.9 Å². The minimum absolute atomic E-state index is 0.0923. The summed E-state index contributed by atoms with van der Waals surface area (Å²) in [6.45, 7) is 16.0. The van der Waals surface area contributed by atoms with E-state index in [-0.39, 0.29) is 24.0 Å². The number of hydrogen-bond donors (Lipinski definition) is 0. The van der Waals surface area contributed by atoms with Gasteiger partial charge < -0.3 is 24.0 Å². The van der Waals surface area contributed by atoms with Gasteiger partial charge in [-0.2, -0.15) is 0 Å². The fourth-order valence-corrected chi connectivity index (χ4v) is 6.87. The van der Waals surface area contributed by atoms with E-state index in [1.165, 1.54) is 10.1 Å². The van der Waals surface area contributed by atoms with Crippen LogP contribution in [0.4, 0.5) is 9.59 Å². The van der Waals surface area contributed by atoms with Gasteiger partial charge >= 0.3 is 12.2 Å². The van der Waals surface area contributed by atoms with E-state index < -0.39 is 17.3 Å². The summed E-state index contributed by atoms with van der Waals surface area (Å²) in [5.74, 6) is 0.0545. The fraction of sp³-hybridized carbons (Fsp3) is 0.556. The number of carbonyl (C=O) groups is 3. The molecule has 0 aliphatic carbocycles. The molecule has 2 fully saturated rings. The molecule has 3 aliphatic heterocycles. The Morgan fingerprint density at radius 1 is 0.935 bits per heavy atom. The number of carbonyl (C=O) groups excluding carboxylic acids is 3. The van der Waals surface area contributed by atoms with Crippen molar-refractivity contribution in [1.29, 1.82) is 0 Å². The topological polar surface area (TPSA) is 103 Å². The van der Waals surface area contributed by atoms with Crippen molar-refractivity contribution in [2.45, 2.75) is 97.9 Å². The van der Waals surface area contributed by atoms with Crippen molar-refractivity contribution in [3.8, 4) is 11.1 Å². The molecule has 1 unspecified atom stereocenters. The van der Waals surface area contributed by atoms with Crippen molar-refractivity contribution < 1.29 is 28.6 Å². The summed E-state index contributed by atoms with van der Waals surface area (Å²) in [6, 6.07) is 6.29. The third-order valence-corrected chi connectivity index (χ3v) is 8.97. The van der Waals surface area contributed by atoms with Crippen LogP contribution in [-0.4, -0.2) is 74.9 Å². The SMILES string of the molecule is Cc1cn(C(=O)OC(C)(C)C)c2ncc(-c3cc4c(c(C5CCCN5C(=O)OC(C)(C)C)c3)CCN(C(=O)[C@H]3CCOC3)C4)cc12. The van der Waals surface area contributed by atoms with E-state index in [1.54, 1.807) is 12.4 Å². The molecule has 2 saturated heterocycles. The highest BCUT2D eigenvalue weighted by Crippen LogP contribution is 2.41. The minimum Gasteiger partial charge on any atom is -0.444 e. The van der Waals surface area contributed by atoms with Gasteiger partial charge in [0.25, 0.3) is 0 Å². The van der Waals surface area contributed by atoms with Crippen LogP contribution in [0.2, 0.25) is 0 Å². The van der Waals surface area contributed by atoms with Crippen molar-refractivity contribution in [3.63, 3.8) is 0 Å². The molecule has 0 bridgehead atoms. The van der Waals surface area contributed by atoms with E-state index in [4.69, 9.17) is 19.2 Å². The number of ether oxygens (including phenoxy) is 3. The maximum absolute atomic E-state index is 13.4. The Hall–Kier alpha value is -3.92. The lowest BCUT2D eigenvalue weighted by Gasteiger charge is -2.35. The molecule has 46 heavy (non-hydrogen) atoms. The lowest BCUT2D eigenvalue weighted by Crippen LogP contribution is -2.41. The number of amides is 2. The summed E-state index contributed by atoms with van der Waals surface area (Å²) >= 11 is 0. The number of hydrogen-bond acceptors (Lipinski definition) is 7. The van der Waals surface area contributed by atoms with Crippen LogP contribution in [0, 0.1) is 12.8 Å². The Kier molecular flexibility index (Phi) is 8.38. The second kappa shape index (κ2) is 12.0. The second-order valence-corrected chi connectivity index (χ2v) is 14.9. The highest BCUT2D eigenvalue weighted by molar-refractivity contribution is 5.92. The Balaban J connectivity index is 1.41. The van der Waals surface area contributed by atoms with Crippen molar-refractivity contribution in [3.05, 3.63) is 52.8 Å². The molecule has 10 heteroatoms. The number of pyridine rings is 1. The maximum atomic E-state index is 13.4. The quantitative estimate of drug-likeness (QED) is 0.314. The number of aryl methyl sites for hydroxylation is 1. The molecule has 2 atom stereocenters. The fourth-order valence-electron chi connectivity index (χ4n) is 6.87. The zero-order valence-corrected chi connectivity index (χ0v) is 28.1. The molecule has 0 radical (unpaired) electrons. The van der Waals surface area contributed by atoms with Crippen LogP contribution in [0.15, 0.2) is 30.6 Å². The second-order valence-electron chi connectivity index (χ2n) is 14.9. The molecule has 10 nitrogen and oxygen atoms in total. The normalized spacial score (nSPS) is 20.2. The van der Waals surface area contributed by atoms with Crippen LogP contribution in [0.5, 0.6) is 0 Å². The van der Waals surface area contributed by atoms with Gasteiger partial charge in [0.2, 0.25) is 5.91 Å². The van der Waals surface area contributed by atoms with Crippen molar-refractivity contribution in [1.82, 2.24) is 19.4 Å². The summed E-state index contributed by atoms with van der Waals surface area (Å²) in [4.78, 5) is 48.3. The molecule has 2 amide bonds. The molecule has 5 heterocycles. The summed E-state index contributed by atoms with van der Waals surface area (Å²) in [5, 5.41) is 0.858. The largest absolute Gasteiger partial charge is 0.444 e. The van der Waals surface area contributed by atoms with Crippen LogP contribution in [0.3, 0.4) is 0 Å². The number of aromatic nitrogens is 2. The molecule has 246 valence electrons. The predicted molar refractivity (Wildman–Crippen MR) is 174 cm³/mol. The Morgan fingerprint density at radius 2 is 1.67 bits per heavy atom. The third kappa shape index (κ3) is 6.49. The van der Waals surface area contributed by atoms with Gasteiger partial charge in [0.1, 0.15) is 16.8 Å². The van der Waals surface area contributed by atoms with Crippen LogP contribution < -0.4 is 0 Å². The zero-order chi connectivity index (χ0) is 33.0. The molecule has 6 rings (SSSR count). The van der Waals surface area contributed by atoms with Crippen LogP contribution >= 0.6 is 0 Å². The molecule has 0 saturated carbocycles. The van der Waals surface area contributed by atoms with Gasteiger partial charge in [-0.1, -0.05) is 0 Å². The standard InChI is InChI=1S/C36H46N4O6/c1-22-19-40(34(43)46-36(5,6)7)31-28(22)17-25(18-37-31)24-15-26-20-38(32(41)23-11-14-44-21-23)13-10-27(26)29(16-24)30-9-8-12-39(30)33(42)45-35(2,3)4/h15-19,23,30H,8-14,20-21H2,1-7H3/t23-,30?/m0/s1. The van der Waals surface area contributed by atoms with E-state index >= 15 is 0 Å². The van der Waals surface area contributed by atoms with Gasteiger partial charge in [-0.15, -0.1) is 0 Å². The van der Waals surface area contributed by atoms with Crippen molar-refractivity contribution in [2.24, 2.45) is 5.92 Å². The van der Waals surface area contributed by atoms with E-state index in [2.05, 4.69) is 18.2 Å². The number of fused-ring (bicyclic) bond motifs is 2. The first-order valence-electron chi connectivity index (χ1n) is 16.4. The van der Waals surface area contributed by atoms with E-state index in [9.17, 15) is 14.4 Å². The molecule has 3 aliphatic rings. The highest BCUT2D eigenvalue weighted by atomic mass is 16.6. The molecular weight excluding hydrogens is 584 g/mol. The van der Waals surface area contributed by atoms with Crippen molar-refractivity contribution in [2.75, 3.05) is 26.3 Å². The van der Waals surface area contributed by atoms with Gasteiger partial charge in [0, 0.05) is 49.6 Å². The van der Waals surface area contributed by atoms with Crippen LogP contribution in [-0.2, 0) is 32.0 Å². The number of nitrogens with zero attached hydrogens (tertiary/aromatic N) is 4. The van der Waals surface area contributed by atoms with Crippen molar-refractivity contribution >= 4 is 29.1 Å². The monoisotopic (exact) mass is 630 g/mol. The first-order valence-corrected chi connectivity index (χ1v) is 16.4. The zero-order valence-electron chi connectivity index (χ0n) is 28.1. The molecular formula is C36H46N4O6. The Labute approximate surface area is 271 Å². The first kappa shape index (κ1) is 32.0. The van der Waals surface area contributed by atoms with Gasteiger partial charge in [-0.25, -0.2) is 19.1 Å². The average Bonchev–Trinajstić information content (AvgIpc) is 3.75. The summed E-state index contributed by atoms with van der Waals surface area (Å²) in [6.07, 6.45) is 5.99. The summed E-state index contributed by atoms with van der Waals surface area (Å²) in [7, 11) is 0. The number of benzene rings is 1. The molecule has 0 N–H and O–H groups in total. The molecule has 0 spiro atoms. The van der Waals surface area contributed by atoms with Gasteiger partial charge in [0.05, 0.1) is 18.6 Å². The minimum atomic E-state index is -0.630. The lowest BCUT2D eigenvalue weighted by molar-refractivity contribution is -0.136. The van der Waals surface area contributed by atoms with E-state index in [0.29, 0.717) is 38.5 Å². The maximum Gasteiger partial charge on any atom is 0.420 e. The third-order valence-electron chi connectivity index (χ3n) is 8.97. The predicted octanol–water partition coefficient (Wildman–Crippen LogP) is 6.79. The lowest BCUT2D eigenvalue weighted by atomic mass is 9.86. The number of likely N-dealkylation sites (tertiary alicyclic amines) is 1. The Bertz CT molecular complexity index is 1670. The molecule has 2 aromatic heterocycles. The average molecular weight is 631 g/mol. The van der Waals surface area contributed by atoms with Crippen LogP contribution in [0.25, 0.3) is 22.2 Å².